The van der Waals surface area contributed by atoms with Crippen LogP contribution >= 0.6 is 0 Å². The van der Waals surface area contributed by atoms with Gasteiger partial charge in [-0.3, -0.25) is 9.59 Å². The summed E-state index contributed by atoms with van der Waals surface area (Å²) in [4.78, 5) is 24.6. The summed E-state index contributed by atoms with van der Waals surface area (Å²) < 4.78 is 5.47. The molecule has 80 heavy (non-hydrogen) atoms. The Kier molecular flexibility index (Phi) is 67.4. The maximum absolute atomic E-state index is 12.6. The number of aliphatic hydroxyl groups is 2. The first-order valence-electron chi connectivity index (χ1n) is 35.9. The molecule has 0 saturated carbocycles. The van der Waals surface area contributed by atoms with Gasteiger partial charge in [0.2, 0.25) is 5.91 Å². The summed E-state index contributed by atoms with van der Waals surface area (Å²) in [5.41, 5.74) is 0. The molecule has 2 unspecified atom stereocenters. The Balaban J connectivity index is 3.43. The monoisotopic (exact) mass is 1120 g/mol. The van der Waals surface area contributed by atoms with Crippen LogP contribution in [0, 0.1) is 0 Å². The smallest absolute Gasteiger partial charge is 0.305 e. The van der Waals surface area contributed by atoms with Crippen molar-refractivity contribution >= 4 is 11.9 Å². The maximum Gasteiger partial charge on any atom is 0.305 e. The van der Waals surface area contributed by atoms with Crippen LogP contribution in [0.15, 0.2) is 48.6 Å². The molecule has 6 heteroatoms. The normalized spacial score (nSPS) is 12.8. The minimum absolute atomic E-state index is 0.00453. The van der Waals surface area contributed by atoms with Gasteiger partial charge in [-0.2, -0.15) is 0 Å². The fourth-order valence-corrected chi connectivity index (χ4v) is 11.1. The number of esters is 1. The molecule has 0 aromatic carbocycles. The van der Waals surface area contributed by atoms with Crippen molar-refractivity contribution in [3.8, 4) is 0 Å². The Hall–Kier alpha value is -2.18. The molecule has 2 atom stereocenters. The van der Waals surface area contributed by atoms with Crippen LogP contribution in [0.3, 0.4) is 0 Å². The van der Waals surface area contributed by atoms with Gasteiger partial charge in [-0.05, 0) is 83.5 Å². The summed E-state index contributed by atoms with van der Waals surface area (Å²) in [6.07, 6.45) is 90.2. The number of rotatable bonds is 67. The molecule has 6 nitrogen and oxygen atoms in total. The van der Waals surface area contributed by atoms with Crippen molar-refractivity contribution in [2.45, 2.75) is 398 Å². The summed E-state index contributed by atoms with van der Waals surface area (Å²) in [6.45, 7) is 4.91. The van der Waals surface area contributed by atoms with E-state index in [1.807, 2.05) is 0 Å². The number of carbonyl (C=O) groups excluding carboxylic acids is 2. The lowest BCUT2D eigenvalue weighted by Gasteiger charge is -2.22. The Labute approximate surface area is 499 Å². The number of amides is 1. The number of unbranched alkanes of at least 4 members (excludes halogenated alkanes) is 48. The Bertz CT molecular complexity index is 1340. The van der Waals surface area contributed by atoms with Gasteiger partial charge in [0.15, 0.2) is 0 Å². The molecule has 0 aliphatic heterocycles. The standard InChI is InChI=1S/C74H139NO5/c1-3-5-7-9-11-13-15-17-18-19-20-21-27-30-33-36-39-43-46-50-54-58-62-66-72(77)71(70-76)75-73(78)67-63-59-55-51-47-44-40-37-34-31-28-25-23-22-24-26-29-32-35-38-41-45-49-53-57-61-65-69-80-74(79)68-64-60-56-52-48-42-16-14-12-10-8-6-4-2/h8,10,14,16,22-23,26,29,71-72,76-77H,3-7,9,11-13,15,17-21,24-25,27-28,30-70H2,1-2H3,(H,75,78)/b10-8-,16-14-,23-22-,29-26-. The molecule has 0 heterocycles. The summed E-state index contributed by atoms with van der Waals surface area (Å²) in [7, 11) is 0. The zero-order chi connectivity index (χ0) is 57.8. The highest BCUT2D eigenvalue weighted by Gasteiger charge is 2.20. The van der Waals surface area contributed by atoms with E-state index >= 15 is 0 Å². The summed E-state index contributed by atoms with van der Waals surface area (Å²) in [6, 6.07) is -0.546. The second-order valence-electron chi connectivity index (χ2n) is 24.6. The number of aliphatic hydroxyl groups excluding tert-OH is 2. The van der Waals surface area contributed by atoms with Crippen LogP contribution in [-0.2, 0) is 14.3 Å². The van der Waals surface area contributed by atoms with E-state index in [1.54, 1.807) is 0 Å². The summed E-state index contributed by atoms with van der Waals surface area (Å²) in [5.74, 6) is -0.0389. The molecule has 0 rings (SSSR count). The molecule has 1 amide bonds. The first-order valence-corrected chi connectivity index (χ1v) is 35.9. The molecule has 0 aromatic rings. The zero-order valence-electron chi connectivity index (χ0n) is 53.8. The first kappa shape index (κ1) is 77.8. The third kappa shape index (κ3) is 65.0. The van der Waals surface area contributed by atoms with Gasteiger partial charge < -0.3 is 20.3 Å². The average Bonchev–Trinajstić information content (AvgIpc) is 3.46. The molecule has 0 bridgehead atoms. The Morgan fingerprint density at radius 1 is 0.350 bits per heavy atom. The van der Waals surface area contributed by atoms with Gasteiger partial charge in [0.25, 0.3) is 0 Å². The molecule has 0 radical (unpaired) electrons. The number of hydrogen-bond acceptors (Lipinski definition) is 5. The summed E-state index contributed by atoms with van der Waals surface area (Å²) >= 11 is 0. The summed E-state index contributed by atoms with van der Waals surface area (Å²) in [5, 5.41) is 23.4. The Morgan fingerprint density at radius 3 is 1.00 bits per heavy atom. The SMILES string of the molecule is CCC/C=C\C/C=C\CCCCCCCC(=O)OCCCCCCCCCCC/C=C\C/C=C\CCCCCCCCCCCCCC(=O)NC(CO)C(O)CCCCCCCCCCCCCCCCCCCCCCCCC. The van der Waals surface area contributed by atoms with E-state index in [1.165, 1.54) is 295 Å². The lowest BCUT2D eigenvalue weighted by molar-refractivity contribution is -0.143. The third-order valence-corrected chi connectivity index (χ3v) is 16.6. The number of ether oxygens (including phenoxy) is 1. The van der Waals surface area contributed by atoms with Gasteiger partial charge in [0, 0.05) is 12.8 Å². The highest BCUT2D eigenvalue weighted by atomic mass is 16.5. The molecule has 3 N–H and O–H groups in total. The van der Waals surface area contributed by atoms with E-state index in [0.29, 0.717) is 25.9 Å². The lowest BCUT2D eigenvalue weighted by Crippen LogP contribution is -2.45. The molecular formula is C74H139NO5. The fourth-order valence-electron chi connectivity index (χ4n) is 11.1. The maximum atomic E-state index is 12.6. The van der Waals surface area contributed by atoms with Crippen molar-refractivity contribution in [3.63, 3.8) is 0 Å². The average molecular weight is 1120 g/mol. The van der Waals surface area contributed by atoms with Crippen LogP contribution < -0.4 is 5.32 Å². The number of carbonyl (C=O) groups is 2. The van der Waals surface area contributed by atoms with Crippen molar-refractivity contribution in [1.82, 2.24) is 5.32 Å². The molecule has 0 aliphatic carbocycles. The largest absolute Gasteiger partial charge is 0.466 e. The van der Waals surface area contributed by atoms with E-state index in [-0.39, 0.29) is 18.5 Å². The van der Waals surface area contributed by atoms with Crippen LogP contribution in [0.25, 0.3) is 0 Å². The molecule has 0 saturated heterocycles. The van der Waals surface area contributed by atoms with Gasteiger partial charge >= 0.3 is 5.97 Å². The second kappa shape index (κ2) is 69.3. The Morgan fingerprint density at radius 2 is 0.650 bits per heavy atom. The van der Waals surface area contributed by atoms with Crippen molar-refractivity contribution in [2.24, 2.45) is 0 Å². The minimum atomic E-state index is -0.669. The van der Waals surface area contributed by atoms with Crippen LogP contribution in [0.5, 0.6) is 0 Å². The molecule has 470 valence electrons. The van der Waals surface area contributed by atoms with Gasteiger partial charge in [-0.25, -0.2) is 0 Å². The predicted molar refractivity (Wildman–Crippen MR) is 352 cm³/mol. The van der Waals surface area contributed by atoms with Crippen molar-refractivity contribution in [2.75, 3.05) is 13.2 Å². The third-order valence-electron chi connectivity index (χ3n) is 16.6. The lowest BCUT2D eigenvalue weighted by atomic mass is 10.0. The highest BCUT2D eigenvalue weighted by molar-refractivity contribution is 5.76. The van der Waals surface area contributed by atoms with E-state index < -0.39 is 12.1 Å². The second-order valence-corrected chi connectivity index (χ2v) is 24.6. The van der Waals surface area contributed by atoms with E-state index in [4.69, 9.17) is 4.74 Å². The van der Waals surface area contributed by atoms with Crippen LogP contribution in [0.1, 0.15) is 386 Å². The van der Waals surface area contributed by atoms with Gasteiger partial charge in [-0.15, -0.1) is 0 Å². The molecule has 0 fully saturated rings. The minimum Gasteiger partial charge on any atom is -0.466 e. The molecule has 0 aromatic heterocycles. The van der Waals surface area contributed by atoms with E-state index in [0.717, 1.165) is 57.8 Å². The van der Waals surface area contributed by atoms with Gasteiger partial charge in [0.1, 0.15) is 0 Å². The van der Waals surface area contributed by atoms with Crippen molar-refractivity contribution < 1.29 is 24.5 Å². The topological polar surface area (TPSA) is 95.9 Å². The molecule has 0 aliphatic rings. The predicted octanol–water partition coefficient (Wildman–Crippen LogP) is 23.3. The van der Waals surface area contributed by atoms with Crippen molar-refractivity contribution in [3.05, 3.63) is 48.6 Å². The number of allylic oxidation sites excluding steroid dienone is 8. The van der Waals surface area contributed by atoms with Crippen LogP contribution in [0.2, 0.25) is 0 Å². The number of hydrogen-bond donors (Lipinski definition) is 3. The highest BCUT2D eigenvalue weighted by Crippen LogP contribution is 2.19. The fraction of sp³-hybridized carbons (Fsp3) is 0.865. The van der Waals surface area contributed by atoms with Crippen molar-refractivity contribution in [1.29, 1.82) is 0 Å². The molecule has 0 spiro atoms. The van der Waals surface area contributed by atoms with Crippen LogP contribution in [0.4, 0.5) is 0 Å². The zero-order valence-corrected chi connectivity index (χ0v) is 53.8. The number of nitrogens with one attached hydrogen (secondary N) is 1. The van der Waals surface area contributed by atoms with Crippen LogP contribution in [-0.4, -0.2) is 47.4 Å². The van der Waals surface area contributed by atoms with E-state index in [9.17, 15) is 19.8 Å². The van der Waals surface area contributed by atoms with Gasteiger partial charge in [-0.1, -0.05) is 339 Å². The van der Waals surface area contributed by atoms with E-state index in [2.05, 4.69) is 67.8 Å². The quantitative estimate of drug-likeness (QED) is 0.0320. The molecular weight excluding hydrogens is 983 g/mol. The van der Waals surface area contributed by atoms with Gasteiger partial charge in [0.05, 0.1) is 25.4 Å². The first-order chi connectivity index (χ1) is 39.5.